The van der Waals surface area contributed by atoms with Crippen molar-refractivity contribution in [2.24, 2.45) is 0 Å². The maximum Gasteiger partial charge on any atom is 0.265 e. The Morgan fingerprint density at radius 2 is 1.93 bits per heavy atom. The van der Waals surface area contributed by atoms with Gasteiger partial charge in [-0.15, -0.1) is 11.3 Å². The van der Waals surface area contributed by atoms with Gasteiger partial charge < -0.3 is 4.74 Å². The lowest BCUT2D eigenvalue weighted by atomic mass is 10.1. The third kappa shape index (κ3) is 4.14. The highest BCUT2D eigenvalue weighted by atomic mass is 32.2. The van der Waals surface area contributed by atoms with Crippen molar-refractivity contribution in [3.05, 3.63) is 57.9 Å². The molecular weight excluding hydrogens is 380 g/mol. The fraction of sp³-hybridized carbons (Fsp3) is 0.250. The quantitative estimate of drug-likeness (QED) is 0.634. The first-order chi connectivity index (χ1) is 12.8. The second-order valence-electron chi connectivity index (χ2n) is 6.20. The standard InChI is InChI=1S/C20H22N2O3S2/c1-5-25-19-10-9-16(18-12-26-15(4)21-18)11-20(19)27(23,24)22-17-8-6-7-13(2)14(17)3/h6-12,22H,5H2,1-4H3. The van der Waals surface area contributed by atoms with E-state index >= 15 is 0 Å². The van der Waals surface area contributed by atoms with Gasteiger partial charge in [0.15, 0.2) is 0 Å². The van der Waals surface area contributed by atoms with Crippen LogP contribution in [0.5, 0.6) is 5.75 Å². The molecule has 0 bridgehead atoms. The van der Waals surface area contributed by atoms with Crippen LogP contribution in [0.1, 0.15) is 23.1 Å². The predicted molar refractivity (Wildman–Crippen MR) is 110 cm³/mol. The Balaban J connectivity index is 2.07. The minimum absolute atomic E-state index is 0.105. The van der Waals surface area contributed by atoms with Crippen LogP contribution in [0.15, 0.2) is 46.7 Å². The number of ether oxygens (including phenoxy) is 1. The van der Waals surface area contributed by atoms with E-state index in [0.29, 0.717) is 18.0 Å². The lowest BCUT2D eigenvalue weighted by Crippen LogP contribution is -2.15. The van der Waals surface area contributed by atoms with Gasteiger partial charge in [-0.3, -0.25) is 4.72 Å². The van der Waals surface area contributed by atoms with Gasteiger partial charge in [-0.2, -0.15) is 0 Å². The fourth-order valence-electron chi connectivity index (χ4n) is 2.71. The number of anilines is 1. The predicted octanol–water partition coefficient (Wildman–Crippen LogP) is 4.93. The van der Waals surface area contributed by atoms with Crippen LogP contribution in [0.2, 0.25) is 0 Å². The van der Waals surface area contributed by atoms with Crippen LogP contribution in [0.25, 0.3) is 11.3 Å². The number of nitrogens with zero attached hydrogens (tertiary/aromatic N) is 1. The van der Waals surface area contributed by atoms with E-state index in [-0.39, 0.29) is 4.90 Å². The number of thiazole rings is 1. The van der Waals surface area contributed by atoms with Crippen molar-refractivity contribution in [2.75, 3.05) is 11.3 Å². The van der Waals surface area contributed by atoms with Gasteiger partial charge in [0.2, 0.25) is 0 Å². The van der Waals surface area contributed by atoms with Crippen LogP contribution in [-0.4, -0.2) is 20.0 Å². The summed E-state index contributed by atoms with van der Waals surface area (Å²) < 4.78 is 34.6. The summed E-state index contributed by atoms with van der Waals surface area (Å²) in [6, 6.07) is 10.7. The Kier molecular flexibility index (Phi) is 5.53. The minimum atomic E-state index is -3.83. The molecule has 2 aromatic carbocycles. The number of aryl methyl sites for hydroxylation is 2. The molecule has 3 aromatic rings. The van der Waals surface area contributed by atoms with Crippen LogP contribution in [0.3, 0.4) is 0 Å². The molecule has 1 N–H and O–H groups in total. The largest absolute Gasteiger partial charge is 0.492 e. The van der Waals surface area contributed by atoms with E-state index in [1.807, 2.05) is 51.3 Å². The smallest absolute Gasteiger partial charge is 0.265 e. The van der Waals surface area contributed by atoms with Gasteiger partial charge in [-0.1, -0.05) is 12.1 Å². The summed E-state index contributed by atoms with van der Waals surface area (Å²) >= 11 is 1.53. The molecular formula is C20H22N2O3S2. The number of hydrogen-bond acceptors (Lipinski definition) is 5. The van der Waals surface area contributed by atoms with Crippen molar-refractivity contribution in [1.82, 2.24) is 4.98 Å². The molecule has 0 fully saturated rings. The highest BCUT2D eigenvalue weighted by Gasteiger charge is 2.22. The Bertz CT molecular complexity index is 1070. The maximum atomic E-state index is 13.1. The molecule has 0 aliphatic heterocycles. The number of nitrogens with one attached hydrogen (secondary N) is 1. The van der Waals surface area contributed by atoms with Gasteiger partial charge in [-0.05, 0) is 63.1 Å². The molecule has 0 unspecified atom stereocenters. The molecule has 1 heterocycles. The zero-order chi connectivity index (χ0) is 19.6. The molecule has 5 nitrogen and oxygen atoms in total. The average molecular weight is 403 g/mol. The molecule has 142 valence electrons. The maximum absolute atomic E-state index is 13.1. The average Bonchev–Trinajstić information content (AvgIpc) is 3.06. The lowest BCUT2D eigenvalue weighted by molar-refractivity contribution is 0.331. The van der Waals surface area contributed by atoms with Crippen LogP contribution < -0.4 is 9.46 Å². The normalized spacial score (nSPS) is 11.4. The topological polar surface area (TPSA) is 68.3 Å². The minimum Gasteiger partial charge on any atom is -0.492 e. The second-order valence-corrected chi connectivity index (χ2v) is 8.91. The Morgan fingerprint density at radius 1 is 1.15 bits per heavy atom. The third-order valence-corrected chi connectivity index (χ3v) is 6.46. The molecule has 0 radical (unpaired) electrons. The zero-order valence-corrected chi connectivity index (χ0v) is 17.4. The van der Waals surface area contributed by atoms with Crippen molar-refractivity contribution in [3.63, 3.8) is 0 Å². The number of sulfonamides is 1. The Morgan fingerprint density at radius 3 is 2.59 bits per heavy atom. The molecule has 27 heavy (non-hydrogen) atoms. The van der Waals surface area contributed by atoms with Gasteiger partial charge in [0.25, 0.3) is 10.0 Å². The molecule has 0 atom stereocenters. The van der Waals surface area contributed by atoms with Crippen molar-refractivity contribution < 1.29 is 13.2 Å². The summed E-state index contributed by atoms with van der Waals surface area (Å²) in [6.45, 7) is 7.96. The number of aromatic nitrogens is 1. The van der Waals surface area contributed by atoms with Gasteiger partial charge in [0.1, 0.15) is 10.6 Å². The Labute approximate surface area is 164 Å². The summed E-state index contributed by atoms with van der Waals surface area (Å²) in [5.41, 5.74) is 3.97. The fourth-order valence-corrected chi connectivity index (χ4v) is 4.63. The van der Waals surface area contributed by atoms with Gasteiger partial charge in [-0.25, -0.2) is 13.4 Å². The van der Waals surface area contributed by atoms with E-state index in [4.69, 9.17) is 4.74 Å². The molecule has 0 spiro atoms. The van der Waals surface area contributed by atoms with Gasteiger partial charge >= 0.3 is 0 Å². The first kappa shape index (κ1) is 19.4. The van der Waals surface area contributed by atoms with Crippen LogP contribution in [-0.2, 0) is 10.0 Å². The molecule has 0 saturated carbocycles. The SMILES string of the molecule is CCOc1ccc(-c2csc(C)n2)cc1S(=O)(=O)Nc1cccc(C)c1C. The van der Waals surface area contributed by atoms with E-state index in [1.165, 1.54) is 11.3 Å². The summed E-state index contributed by atoms with van der Waals surface area (Å²) in [5.74, 6) is 0.325. The van der Waals surface area contributed by atoms with Crippen LogP contribution in [0, 0.1) is 20.8 Å². The van der Waals surface area contributed by atoms with E-state index in [2.05, 4.69) is 9.71 Å². The molecule has 0 amide bonds. The summed E-state index contributed by atoms with van der Waals surface area (Å²) in [5, 5.41) is 2.84. The van der Waals surface area contributed by atoms with Crippen LogP contribution >= 0.6 is 11.3 Å². The van der Waals surface area contributed by atoms with Crippen molar-refractivity contribution in [3.8, 4) is 17.0 Å². The highest BCUT2D eigenvalue weighted by molar-refractivity contribution is 7.92. The monoisotopic (exact) mass is 402 g/mol. The summed E-state index contributed by atoms with van der Waals surface area (Å²) in [6.07, 6.45) is 0. The Hall–Kier alpha value is -2.38. The van der Waals surface area contributed by atoms with Crippen molar-refractivity contribution >= 4 is 27.0 Å². The second kappa shape index (κ2) is 7.70. The zero-order valence-electron chi connectivity index (χ0n) is 15.7. The first-order valence-corrected chi connectivity index (χ1v) is 11.0. The molecule has 0 aliphatic carbocycles. The van der Waals surface area contributed by atoms with Gasteiger partial charge in [0.05, 0.1) is 23.0 Å². The molecule has 0 saturated heterocycles. The van der Waals surface area contributed by atoms with E-state index in [0.717, 1.165) is 27.4 Å². The molecule has 1 aromatic heterocycles. The number of benzene rings is 2. The van der Waals surface area contributed by atoms with Crippen LogP contribution in [0.4, 0.5) is 5.69 Å². The van der Waals surface area contributed by atoms with E-state index in [9.17, 15) is 8.42 Å². The molecule has 3 rings (SSSR count). The highest BCUT2D eigenvalue weighted by Crippen LogP contribution is 2.32. The van der Waals surface area contributed by atoms with Gasteiger partial charge in [0, 0.05) is 10.9 Å². The van der Waals surface area contributed by atoms with E-state index < -0.39 is 10.0 Å². The third-order valence-electron chi connectivity index (χ3n) is 4.30. The number of hydrogen-bond donors (Lipinski definition) is 1. The first-order valence-electron chi connectivity index (χ1n) is 8.60. The van der Waals surface area contributed by atoms with Crippen molar-refractivity contribution in [1.29, 1.82) is 0 Å². The van der Waals surface area contributed by atoms with E-state index in [1.54, 1.807) is 18.2 Å². The molecule has 0 aliphatic rings. The lowest BCUT2D eigenvalue weighted by Gasteiger charge is -2.15. The summed E-state index contributed by atoms with van der Waals surface area (Å²) in [4.78, 5) is 4.56. The van der Waals surface area contributed by atoms with Crippen molar-refractivity contribution in [2.45, 2.75) is 32.6 Å². The number of rotatable bonds is 6. The summed E-state index contributed by atoms with van der Waals surface area (Å²) in [7, 11) is -3.83. The molecule has 7 heteroatoms.